The SMILES string of the molecule is CCCCOc1ccc(-c2csc(NC(=O)COc3cccc(C(C)C)c3)n2)cc1. The first kappa shape index (κ1) is 21.8. The minimum Gasteiger partial charge on any atom is -0.494 e. The Kier molecular flexibility index (Phi) is 7.85. The molecule has 0 radical (unpaired) electrons. The average molecular weight is 425 g/mol. The monoisotopic (exact) mass is 424 g/mol. The van der Waals surface area contributed by atoms with Crippen molar-refractivity contribution in [3.05, 3.63) is 59.5 Å². The Morgan fingerprint density at radius 1 is 1.10 bits per heavy atom. The van der Waals surface area contributed by atoms with Gasteiger partial charge in [0.2, 0.25) is 0 Å². The molecule has 0 aliphatic heterocycles. The molecule has 0 unspecified atom stereocenters. The van der Waals surface area contributed by atoms with Gasteiger partial charge in [0.1, 0.15) is 11.5 Å². The van der Waals surface area contributed by atoms with Crippen molar-refractivity contribution in [2.24, 2.45) is 0 Å². The molecule has 0 spiro atoms. The smallest absolute Gasteiger partial charge is 0.264 e. The number of aromatic nitrogens is 1. The lowest BCUT2D eigenvalue weighted by molar-refractivity contribution is -0.118. The van der Waals surface area contributed by atoms with Crippen LogP contribution in [0.5, 0.6) is 11.5 Å². The van der Waals surface area contributed by atoms with Gasteiger partial charge in [-0.05, 0) is 54.3 Å². The van der Waals surface area contributed by atoms with Crippen LogP contribution in [0.15, 0.2) is 53.9 Å². The van der Waals surface area contributed by atoms with Gasteiger partial charge in [-0.25, -0.2) is 4.98 Å². The average Bonchev–Trinajstić information content (AvgIpc) is 3.21. The molecule has 30 heavy (non-hydrogen) atoms. The van der Waals surface area contributed by atoms with Crippen molar-refractivity contribution >= 4 is 22.4 Å². The van der Waals surface area contributed by atoms with E-state index in [0.29, 0.717) is 16.8 Å². The minimum atomic E-state index is -0.231. The van der Waals surface area contributed by atoms with E-state index in [-0.39, 0.29) is 12.5 Å². The molecule has 0 saturated heterocycles. The van der Waals surface area contributed by atoms with Gasteiger partial charge in [0.05, 0.1) is 12.3 Å². The molecule has 3 rings (SSSR count). The number of carbonyl (C=O) groups excluding carboxylic acids is 1. The number of anilines is 1. The first-order chi connectivity index (χ1) is 14.5. The van der Waals surface area contributed by atoms with E-state index in [0.717, 1.165) is 36.5 Å². The lowest BCUT2D eigenvalue weighted by Gasteiger charge is -2.09. The maximum atomic E-state index is 12.2. The maximum Gasteiger partial charge on any atom is 0.264 e. The fourth-order valence-electron chi connectivity index (χ4n) is 2.79. The van der Waals surface area contributed by atoms with Crippen LogP contribution in [0, 0.1) is 0 Å². The molecular weight excluding hydrogens is 396 g/mol. The van der Waals surface area contributed by atoms with E-state index in [2.05, 4.69) is 37.1 Å². The van der Waals surface area contributed by atoms with Crippen LogP contribution < -0.4 is 14.8 Å². The summed E-state index contributed by atoms with van der Waals surface area (Å²) in [6, 6.07) is 15.7. The highest BCUT2D eigenvalue weighted by atomic mass is 32.1. The van der Waals surface area contributed by atoms with Crippen LogP contribution in [0.1, 0.15) is 45.1 Å². The molecule has 2 aromatic carbocycles. The van der Waals surface area contributed by atoms with Crippen LogP contribution in [-0.2, 0) is 4.79 Å². The standard InChI is InChI=1S/C24H28N2O3S/c1-4-5-13-28-20-11-9-18(10-12-20)22-16-30-24(25-22)26-23(27)15-29-21-8-6-7-19(14-21)17(2)3/h6-12,14,16-17H,4-5,13,15H2,1-3H3,(H,25,26,27). The molecule has 0 aliphatic carbocycles. The van der Waals surface area contributed by atoms with Gasteiger partial charge < -0.3 is 9.47 Å². The van der Waals surface area contributed by atoms with E-state index in [1.807, 2.05) is 47.8 Å². The Bertz CT molecular complexity index is 951. The third-order valence-corrected chi connectivity index (χ3v) is 5.32. The van der Waals surface area contributed by atoms with Gasteiger partial charge in [0, 0.05) is 10.9 Å². The third-order valence-electron chi connectivity index (χ3n) is 4.56. The van der Waals surface area contributed by atoms with E-state index < -0.39 is 0 Å². The van der Waals surface area contributed by atoms with Crippen LogP contribution in [0.4, 0.5) is 5.13 Å². The van der Waals surface area contributed by atoms with Gasteiger partial charge in [-0.1, -0.05) is 39.3 Å². The number of nitrogens with one attached hydrogen (secondary N) is 1. The van der Waals surface area contributed by atoms with Gasteiger partial charge in [-0.15, -0.1) is 11.3 Å². The number of carbonyl (C=O) groups is 1. The second-order valence-corrected chi connectivity index (χ2v) is 8.19. The zero-order valence-electron chi connectivity index (χ0n) is 17.7. The fraction of sp³-hybridized carbons (Fsp3) is 0.333. The molecule has 0 aliphatic rings. The third kappa shape index (κ3) is 6.32. The Hall–Kier alpha value is -2.86. The van der Waals surface area contributed by atoms with E-state index in [1.54, 1.807) is 0 Å². The Morgan fingerprint density at radius 2 is 1.90 bits per heavy atom. The highest BCUT2D eigenvalue weighted by molar-refractivity contribution is 7.14. The normalized spacial score (nSPS) is 10.8. The van der Waals surface area contributed by atoms with Crippen molar-refractivity contribution in [1.29, 1.82) is 0 Å². The van der Waals surface area contributed by atoms with E-state index >= 15 is 0 Å². The number of nitrogens with zero attached hydrogens (tertiary/aromatic N) is 1. The molecule has 1 amide bonds. The summed E-state index contributed by atoms with van der Waals surface area (Å²) in [6.07, 6.45) is 2.16. The number of amides is 1. The van der Waals surface area contributed by atoms with E-state index in [4.69, 9.17) is 9.47 Å². The topological polar surface area (TPSA) is 60.5 Å². The summed E-state index contributed by atoms with van der Waals surface area (Å²) in [5.74, 6) is 1.73. The van der Waals surface area contributed by atoms with Gasteiger partial charge in [-0.3, -0.25) is 10.1 Å². The number of hydrogen-bond acceptors (Lipinski definition) is 5. The van der Waals surface area contributed by atoms with Gasteiger partial charge in [-0.2, -0.15) is 0 Å². The van der Waals surface area contributed by atoms with Crippen molar-refractivity contribution in [3.63, 3.8) is 0 Å². The second-order valence-electron chi connectivity index (χ2n) is 7.33. The molecule has 158 valence electrons. The molecular formula is C24H28N2O3S. The molecule has 6 heteroatoms. The molecule has 0 saturated carbocycles. The summed E-state index contributed by atoms with van der Waals surface area (Å²) in [7, 11) is 0. The first-order valence-corrected chi connectivity index (χ1v) is 11.1. The number of ether oxygens (including phenoxy) is 2. The van der Waals surface area contributed by atoms with Gasteiger partial charge in [0.25, 0.3) is 5.91 Å². The molecule has 1 N–H and O–H groups in total. The maximum absolute atomic E-state index is 12.2. The zero-order chi connectivity index (χ0) is 21.3. The van der Waals surface area contributed by atoms with Gasteiger partial charge in [0.15, 0.2) is 11.7 Å². The summed E-state index contributed by atoms with van der Waals surface area (Å²) >= 11 is 1.39. The summed E-state index contributed by atoms with van der Waals surface area (Å²) in [5, 5.41) is 5.28. The summed E-state index contributed by atoms with van der Waals surface area (Å²) < 4.78 is 11.3. The Balaban J connectivity index is 1.52. The molecule has 1 aromatic heterocycles. The summed E-state index contributed by atoms with van der Waals surface area (Å²) in [4.78, 5) is 16.7. The number of rotatable bonds is 10. The van der Waals surface area contributed by atoms with Crippen molar-refractivity contribution in [2.45, 2.75) is 39.5 Å². The summed E-state index contributed by atoms with van der Waals surface area (Å²) in [5.41, 5.74) is 2.98. The zero-order valence-corrected chi connectivity index (χ0v) is 18.5. The first-order valence-electron chi connectivity index (χ1n) is 10.3. The molecule has 3 aromatic rings. The minimum absolute atomic E-state index is 0.0553. The number of hydrogen-bond donors (Lipinski definition) is 1. The van der Waals surface area contributed by atoms with Crippen molar-refractivity contribution in [3.8, 4) is 22.8 Å². The molecule has 5 nitrogen and oxygen atoms in total. The fourth-order valence-corrected chi connectivity index (χ4v) is 3.52. The lowest BCUT2D eigenvalue weighted by atomic mass is 10.0. The van der Waals surface area contributed by atoms with Crippen LogP contribution in [0.2, 0.25) is 0 Å². The quantitative estimate of drug-likeness (QED) is 0.398. The van der Waals surface area contributed by atoms with Crippen LogP contribution in [-0.4, -0.2) is 24.1 Å². The lowest BCUT2D eigenvalue weighted by Crippen LogP contribution is -2.20. The highest BCUT2D eigenvalue weighted by Crippen LogP contribution is 2.27. The molecule has 0 bridgehead atoms. The predicted molar refractivity (Wildman–Crippen MR) is 123 cm³/mol. The molecule has 0 fully saturated rings. The predicted octanol–water partition coefficient (Wildman–Crippen LogP) is 6.13. The summed E-state index contributed by atoms with van der Waals surface area (Å²) in [6.45, 7) is 7.06. The molecule has 1 heterocycles. The second kappa shape index (κ2) is 10.8. The molecule has 0 atom stereocenters. The van der Waals surface area contributed by atoms with Crippen molar-refractivity contribution < 1.29 is 14.3 Å². The van der Waals surface area contributed by atoms with E-state index in [9.17, 15) is 4.79 Å². The van der Waals surface area contributed by atoms with Crippen LogP contribution in [0.25, 0.3) is 11.3 Å². The van der Waals surface area contributed by atoms with E-state index in [1.165, 1.54) is 16.9 Å². The Morgan fingerprint density at radius 3 is 2.63 bits per heavy atom. The van der Waals surface area contributed by atoms with Crippen LogP contribution in [0.3, 0.4) is 0 Å². The highest BCUT2D eigenvalue weighted by Gasteiger charge is 2.10. The number of benzene rings is 2. The van der Waals surface area contributed by atoms with Crippen LogP contribution >= 0.6 is 11.3 Å². The number of unbranched alkanes of at least 4 members (excludes halogenated alkanes) is 1. The van der Waals surface area contributed by atoms with Crippen molar-refractivity contribution in [2.75, 3.05) is 18.5 Å². The number of thiazole rings is 1. The largest absolute Gasteiger partial charge is 0.494 e. The van der Waals surface area contributed by atoms with Gasteiger partial charge >= 0.3 is 0 Å². The Labute approximate surface area is 182 Å². The van der Waals surface area contributed by atoms with Crippen molar-refractivity contribution in [1.82, 2.24) is 4.98 Å².